The van der Waals surface area contributed by atoms with Crippen LogP contribution in [0.4, 0.5) is 0 Å². The number of nitrogens with two attached hydrogens (primary N) is 1. The third-order valence-corrected chi connectivity index (χ3v) is 2.63. The van der Waals surface area contributed by atoms with Crippen LogP contribution in [0.25, 0.3) is 11.1 Å². The van der Waals surface area contributed by atoms with Crippen molar-refractivity contribution >= 4 is 5.84 Å². The fraction of sp³-hybridized carbons (Fsp3) is 0.0714. The summed E-state index contributed by atoms with van der Waals surface area (Å²) in [5, 5.41) is 7.43. The summed E-state index contributed by atoms with van der Waals surface area (Å²) in [4.78, 5) is 0. The third-order valence-electron chi connectivity index (χ3n) is 2.63. The van der Waals surface area contributed by atoms with Gasteiger partial charge in [0.15, 0.2) is 0 Å². The van der Waals surface area contributed by atoms with E-state index in [1.165, 1.54) is 11.1 Å². The smallest absolute Gasteiger partial charge is 0.122 e. The van der Waals surface area contributed by atoms with E-state index < -0.39 is 0 Å². The van der Waals surface area contributed by atoms with Gasteiger partial charge >= 0.3 is 0 Å². The lowest BCUT2D eigenvalue weighted by atomic mass is 9.99. The Morgan fingerprint density at radius 3 is 2.50 bits per heavy atom. The second-order valence-corrected chi connectivity index (χ2v) is 3.81. The van der Waals surface area contributed by atoms with E-state index in [2.05, 4.69) is 19.1 Å². The maximum Gasteiger partial charge on any atom is 0.122 e. The van der Waals surface area contributed by atoms with E-state index in [0.717, 1.165) is 11.1 Å². The van der Waals surface area contributed by atoms with Crippen molar-refractivity contribution in [2.45, 2.75) is 6.92 Å². The van der Waals surface area contributed by atoms with Gasteiger partial charge in [0, 0.05) is 5.56 Å². The van der Waals surface area contributed by atoms with Crippen LogP contribution in [0.15, 0.2) is 48.5 Å². The number of nitrogens with one attached hydrogen (secondary N) is 1. The molecule has 0 aliphatic heterocycles. The van der Waals surface area contributed by atoms with Gasteiger partial charge in [-0.05, 0) is 29.7 Å². The molecule has 0 amide bonds. The summed E-state index contributed by atoms with van der Waals surface area (Å²) in [6.07, 6.45) is 0. The quantitative estimate of drug-likeness (QED) is 0.581. The second kappa shape index (κ2) is 4.19. The van der Waals surface area contributed by atoms with Crippen molar-refractivity contribution in [3.63, 3.8) is 0 Å². The van der Waals surface area contributed by atoms with Gasteiger partial charge in [-0.3, -0.25) is 5.41 Å². The topological polar surface area (TPSA) is 49.9 Å². The van der Waals surface area contributed by atoms with E-state index in [0.29, 0.717) is 0 Å². The number of hydrogen-bond donors (Lipinski definition) is 2. The van der Waals surface area contributed by atoms with Gasteiger partial charge in [0.1, 0.15) is 5.84 Å². The number of aryl methyl sites for hydroxylation is 1. The lowest BCUT2D eigenvalue weighted by Crippen LogP contribution is -2.10. The van der Waals surface area contributed by atoms with E-state index in [9.17, 15) is 0 Å². The van der Waals surface area contributed by atoms with Crippen LogP contribution in [-0.4, -0.2) is 5.84 Å². The first-order chi connectivity index (χ1) is 7.68. The van der Waals surface area contributed by atoms with Crippen LogP contribution in [0.2, 0.25) is 0 Å². The molecule has 0 spiro atoms. The molecule has 0 heterocycles. The zero-order valence-corrected chi connectivity index (χ0v) is 9.20. The fourth-order valence-corrected chi connectivity index (χ4v) is 1.75. The maximum atomic E-state index is 7.43. The summed E-state index contributed by atoms with van der Waals surface area (Å²) in [6, 6.07) is 16.0. The Bertz CT molecular complexity index is 530. The Morgan fingerprint density at radius 1 is 1.06 bits per heavy atom. The molecule has 80 valence electrons. The van der Waals surface area contributed by atoms with E-state index in [1.807, 2.05) is 36.4 Å². The number of rotatable bonds is 2. The van der Waals surface area contributed by atoms with Crippen LogP contribution in [-0.2, 0) is 0 Å². The van der Waals surface area contributed by atoms with Crippen LogP contribution < -0.4 is 5.73 Å². The van der Waals surface area contributed by atoms with Crippen molar-refractivity contribution in [3.8, 4) is 11.1 Å². The molecule has 3 N–H and O–H groups in total. The summed E-state index contributed by atoms with van der Waals surface area (Å²) >= 11 is 0. The lowest BCUT2D eigenvalue weighted by Gasteiger charge is -2.07. The third kappa shape index (κ3) is 1.96. The molecule has 0 bridgehead atoms. The zero-order valence-electron chi connectivity index (χ0n) is 9.20. The number of hydrogen-bond acceptors (Lipinski definition) is 1. The van der Waals surface area contributed by atoms with Gasteiger partial charge in [0.05, 0.1) is 0 Å². The highest BCUT2D eigenvalue weighted by atomic mass is 14.7. The maximum absolute atomic E-state index is 7.43. The monoisotopic (exact) mass is 210 g/mol. The molecule has 2 rings (SSSR count). The van der Waals surface area contributed by atoms with Crippen molar-refractivity contribution in [2.24, 2.45) is 5.73 Å². The first kappa shape index (κ1) is 10.4. The average molecular weight is 210 g/mol. The predicted octanol–water partition coefficient (Wildman–Crippen LogP) is 2.95. The molecule has 0 fully saturated rings. The highest BCUT2D eigenvalue weighted by Gasteiger charge is 2.02. The van der Waals surface area contributed by atoms with Crippen LogP contribution in [0.1, 0.15) is 11.1 Å². The Hall–Kier alpha value is -2.09. The standard InChI is InChI=1S/C14H14N2/c1-10-5-2-3-8-13(10)11-6-4-7-12(9-11)14(15)16/h2-9H,1H3,(H3,15,16). The van der Waals surface area contributed by atoms with Gasteiger partial charge in [-0.2, -0.15) is 0 Å². The number of nitrogen functional groups attached to an aromatic ring is 1. The molecule has 0 unspecified atom stereocenters. The van der Waals surface area contributed by atoms with E-state index in [-0.39, 0.29) is 5.84 Å². The Kier molecular flexibility index (Phi) is 2.73. The molecule has 2 heteroatoms. The SMILES string of the molecule is Cc1ccccc1-c1cccc(C(=N)N)c1. The van der Waals surface area contributed by atoms with Gasteiger partial charge in [-0.15, -0.1) is 0 Å². The van der Waals surface area contributed by atoms with Crippen molar-refractivity contribution in [3.05, 3.63) is 59.7 Å². The van der Waals surface area contributed by atoms with Crippen LogP contribution in [0.5, 0.6) is 0 Å². The molecule has 2 aromatic carbocycles. The minimum Gasteiger partial charge on any atom is -0.384 e. The number of benzene rings is 2. The lowest BCUT2D eigenvalue weighted by molar-refractivity contribution is 1.41. The minimum absolute atomic E-state index is 0.107. The van der Waals surface area contributed by atoms with Crippen molar-refractivity contribution in [2.75, 3.05) is 0 Å². The van der Waals surface area contributed by atoms with Crippen LogP contribution >= 0.6 is 0 Å². The Morgan fingerprint density at radius 2 is 1.81 bits per heavy atom. The highest BCUT2D eigenvalue weighted by Crippen LogP contribution is 2.23. The molecule has 0 saturated heterocycles. The largest absolute Gasteiger partial charge is 0.384 e. The van der Waals surface area contributed by atoms with Crippen molar-refractivity contribution < 1.29 is 0 Å². The van der Waals surface area contributed by atoms with Crippen LogP contribution in [0, 0.1) is 12.3 Å². The molecule has 0 aliphatic rings. The van der Waals surface area contributed by atoms with Crippen molar-refractivity contribution in [1.82, 2.24) is 0 Å². The molecule has 0 atom stereocenters. The molecule has 16 heavy (non-hydrogen) atoms. The predicted molar refractivity (Wildman–Crippen MR) is 67.6 cm³/mol. The average Bonchev–Trinajstić information content (AvgIpc) is 2.30. The first-order valence-corrected chi connectivity index (χ1v) is 5.19. The molecular weight excluding hydrogens is 196 g/mol. The van der Waals surface area contributed by atoms with Gasteiger partial charge in [0.2, 0.25) is 0 Å². The van der Waals surface area contributed by atoms with Crippen LogP contribution in [0.3, 0.4) is 0 Å². The molecule has 0 saturated carbocycles. The molecule has 2 nitrogen and oxygen atoms in total. The normalized spacial score (nSPS) is 10.1. The van der Waals surface area contributed by atoms with Gasteiger partial charge in [0.25, 0.3) is 0 Å². The van der Waals surface area contributed by atoms with Crippen molar-refractivity contribution in [1.29, 1.82) is 5.41 Å². The van der Waals surface area contributed by atoms with Gasteiger partial charge in [-0.25, -0.2) is 0 Å². The summed E-state index contributed by atoms with van der Waals surface area (Å²) < 4.78 is 0. The molecule has 2 aromatic rings. The fourth-order valence-electron chi connectivity index (χ4n) is 1.75. The van der Waals surface area contributed by atoms with E-state index in [4.69, 9.17) is 11.1 Å². The van der Waals surface area contributed by atoms with Gasteiger partial charge in [-0.1, -0.05) is 42.5 Å². The molecular formula is C14H14N2. The molecule has 0 aromatic heterocycles. The molecule has 0 aliphatic carbocycles. The Labute approximate surface area is 95.2 Å². The summed E-state index contributed by atoms with van der Waals surface area (Å²) in [5.74, 6) is 0.107. The first-order valence-electron chi connectivity index (χ1n) is 5.19. The Balaban J connectivity index is 2.53. The summed E-state index contributed by atoms with van der Waals surface area (Å²) in [6.45, 7) is 2.08. The van der Waals surface area contributed by atoms with Gasteiger partial charge < -0.3 is 5.73 Å². The summed E-state index contributed by atoms with van der Waals surface area (Å²) in [7, 11) is 0. The summed E-state index contributed by atoms with van der Waals surface area (Å²) in [5.41, 5.74) is 9.76. The minimum atomic E-state index is 0.107. The number of amidine groups is 1. The zero-order chi connectivity index (χ0) is 11.5. The van der Waals surface area contributed by atoms with E-state index >= 15 is 0 Å². The molecule has 0 radical (unpaired) electrons. The second-order valence-electron chi connectivity index (χ2n) is 3.81. The van der Waals surface area contributed by atoms with E-state index in [1.54, 1.807) is 0 Å². The highest BCUT2D eigenvalue weighted by molar-refractivity contribution is 5.96.